The number of nitrogens with zero attached hydrogens (tertiary/aromatic N) is 3. The summed E-state index contributed by atoms with van der Waals surface area (Å²) in [6.07, 6.45) is 1.57. The van der Waals surface area contributed by atoms with E-state index in [1.54, 1.807) is 18.3 Å². The third kappa shape index (κ3) is 1.59. The number of aromatic nitrogens is 4. The molecule has 0 atom stereocenters. The second-order valence-corrected chi connectivity index (χ2v) is 3.57. The smallest absolute Gasteiger partial charge is 0.163 e. The van der Waals surface area contributed by atoms with Crippen LogP contribution >= 0.6 is 0 Å². The van der Waals surface area contributed by atoms with Gasteiger partial charge in [0, 0.05) is 5.56 Å². The van der Waals surface area contributed by atoms with Crippen molar-refractivity contribution in [3.63, 3.8) is 0 Å². The van der Waals surface area contributed by atoms with Gasteiger partial charge in [0.05, 0.1) is 11.6 Å². The molecule has 0 aliphatic heterocycles. The Bertz CT molecular complexity index is 674. The monoisotopic (exact) mass is 229 g/mol. The van der Waals surface area contributed by atoms with Crippen LogP contribution in [0.15, 0.2) is 30.5 Å². The number of nitrogen functional groups attached to an aromatic ring is 1. The molecule has 0 saturated heterocycles. The first kappa shape index (κ1) is 9.71. The Kier molecular flexibility index (Phi) is 2.01. The summed E-state index contributed by atoms with van der Waals surface area (Å²) in [5, 5.41) is 7.25. The number of aromatic amines is 1. The SMILES string of the molecule is Nc1nc(-c2ccc(F)cc2)nc2[nH]ncc12. The van der Waals surface area contributed by atoms with Crippen molar-refractivity contribution in [2.24, 2.45) is 0 Å². The molecule has 3 N–H and O–H groups in total. The number of benzene rings is 1. The Balaban J connectivity index is 2.20. The molecule has 0 fully saturated rings. The van der Waals surface area contributed by atoms with Gasteiger partial charge in [0.25, 0.3) is 0 Å². The minimum Gasteiger partial charge on any atom is -0.383 e. The fraction of sp³-hybridized carbons (Fsp3) is 0. The van der Waals surface area contributed by atoms with Crippen LogP contribution in [-0.4, -0.2) is 20.2 Å². The topological polar surface area (TPSA) is 80.5 Å². The van der Waals surface area contributed by atoms with Crippen molar-refractivity contribution in [2.75, 3.05) is 5.73 Å². The number of fused-ring (bicyclic) bond motifs is 1. The van der Waals surface area contributed by atoms with E-state index in [0.29, 0.717) is 28.2 Å². The summed E-state index contributed by atoms with van der Waals surface area (Å²) >= 11 is 0. The summed E-state index contributed by atoms with van der Waals surface area (Å²) < 4.78 is 12.8. The molecule has 0 radical (unpaired) electrons. The van der Waals surface area contributed by atoms with Crippen LogP contribution in [0, 0.1) is 5.82 Å². The highest BCUT2D eigenvalue weighted by molar-refractivity contribution is 5.86. The lowest BCUT2D eigenvalue weighted by atomic mass is 10.2. The Morgan fingerprint density at radius 3 is 2.65 bits per heavy atom. The van der Waals surface area contributed by atoms with Gasteiger partial charge in [-0.05, 0) is 24.3 Å². The maximum atomic E-state index is 12.8. The number of anilines is 1. The molecule has 0 aliphatic rings. The summed E-state index contributed by atoms with van der Waals surface area (Å²) in [5.41, 5.74) is 7.05. The number of halogens is 1. The van der Waals surface area contributed by atoms with E-state index in [1.165, 1.54) is 12.1 Å². The van der Waals surface area contributed by atoms with Gasteiger partial charge in [0.2, 0.25) is 0 Å². The Hall–Kier alpha value is -2.50. The van der Waals surface area contributed by atoms with Crippen molar-refractivity contribution < 1.29 is 4.39 Å². The number of nitrogens with two attached hydrogens (primary N) is 1. The predicted molar refractivity (Wildman–Crippen MR) is 61.5 cm³/mol. The lowest BCUT2D eigenvalue weighted by molar-refractivity contribution is 0.628. The van der Waals surface area contributed by atoms with Gasteiger partial charge in [-0.1, -0.05) is 0 Å². The molecule has 0 amide bonds. The van der Waals surface area contributed by atoms with Crippen LogP contribution in [0.1, 0.15) is 0 Å². The van der Waals surface area contributed by atoms with E-state index >= 15 is 0 Å². The van der Waals surface area contributed by atoms with E-state index in [0.717, 1.165) is 0 Å². The summed E-state index contributed by atoms with van der Waals surface area (Å²) in [6, 6.07) is 5.91. The lowest BCUT2D eigenvalue weighted by Gasteiger charge is -2.01. The first-order chi connectivity index (χ1) is 8.24. The molecular formula is C11H8FN5. The quantitative estimate of drug-likeness (QED) is 0.666. The van der Waals surface area contributed by atoms with Crippen molar-refractivity contribution in [2.45, 2.75) is 0 Å². The van der Waals surface area contributed by atoms with E-state index in [2.05, 4.69) is 20.2 Å². The van der Waals surface area contributed by atoms with Gasteiger partial charge in [0.15, 0.2) is 11.5 Å². The second-order valence-electron chi connectivity index (χ2n) is 3.57. The standard InChI is InChI=1S/C11H8FN5/c12-7-3-1-6(2-4-7)10-15-9(13)8-5-14-17-11(8)16-10/h1-5H,(H3,13,14,15,16,17). The zero-order chi connectivity index (χ0) is 11.8. The highest BCUT2D eigenvalue weighted by atomic mass is 19.1. The van der Waals surface area contributed by atoms with Crippen LogP contribution in [0.25, 0.3) is 22.4 Å². The molecule has 3 rings (SSSR count). The second kappa shape index (κ2) is 3.51. The summed E-state index contributed by atoms with van der Waals surface area (Å²) in [7, 11) is 0. The first-order valence-corrected chi connectivity index (χ1v) is 4.96. The van der Waals surface area contributed by atoms with Crippen LogP contribution in [0.4, 0.5) is 10.2 Å². The molecule has 0 aliphatic carbocycles. The molecule has 3 aromatic rings. The fourth-order valence-electron chi connectivity index (χ4n) is 1.59. The van der Waals surface area contributed by atoms with Crippen LogP contribution in [0.2, 0.25) is 0 Å². The molecule has 17 heavy (non-hydrogen) atoms. The zero-order valence-electron chi connectivity index (χ0n) is 8.68. The summed E-state index contributed by atoms with van der Waals surface area (Å²) in [5.74, 6) is 0.492. The minimum atomic E-state index is -0.302. The third-order valence-corrected chi connectivity index (χ3v) is 2.44. The maximum absolute atomic E-state index is 12.8. The number of hydrogen-bond donors (Lipinski definition) is 2. The van der Waals surface area contributed by atoms with Crippen LogP contribution < -0.4 is 5.73 Å². The number of hydrogen-bond acceptors (Lipinski definition) is 4. The molecule has 0 saturated carbocycles. The molecule has 0 unspecified atom stereocenters. The highest BCUT2D eigenvalue weighted by Crippen LogP contribution is 2.21. The van der Waals surface area contributed by atoms with Crippen molar-refractivity contribution >= 4 is 16.9 Å². The van der Waals surface area contributed by atoms with E-state index in [4.69, 9.17) is 5.73 Å². The number of H-pyrrole nitrogens is 1. The minimum absolute atomic E-state index is 0.302. The van der Waals surface area contributed by atoms with Crippen molar-refractivity contribution in [1.29, 1.82) is 0 Å². The van der Waals surface area contributed by atoms with Gasteiger partial charge in [-0.25, -0.2) is 14.4 Å². The molecule has 0 bridgehead atoms. The van der Waals surface area contributed by atoms with E-state index < -0.39 is 0 Å². The van der Waals surface area contributed by atoms with Gasteiger partial charge in [0.1, 0.15) is 11.6 Å². The van der Waals surface area contributed by atoms with Gasteiger partial charge in [-0.15, -0.1) is 0 Å². The lowest BCUT2D eigenvalue weighted by Crippen LogP contribution is -1.96. The average Bonchev–Trinajstić information content (AvgIpc) is 2.78. The van der Waals surface area contributed by atoms with Crippen molar-refractivity contribution in [1.82, 2.24) is 20.2 Å². The van der Waals surface area contributed by atoms with Crippen LogP contribution in [0.5, 0.6) is 0 Å². The Morgan fingerprint density at radius 2 is 1.88 bits per heavy atom. The molecular weight excluding hydrogens is 221 g/mol. The predicted octanol–water partition coefficient (Wildman–Crippen LogP) is 1.74. The zero-order valence-corrected chi connectivity index (χ0v) is 8.68. The van der Waals surface area contributed by atoms with Gasteiger partial charge in [-0.2, -0.15) is 5.10 Å². The average molecular weight is 229 g/mol. The van der Waals surface area contributed by atoms with Gasteiger partial charge in [-0.3, -0.25) is 5.10 Å². The molecule has 5 nitrogen and oxygen atoms in total. The molecule has 2 heterocycles. The first-order valence-electron chi connectivity index (χ1n) is 4.96. The third-order valence-electron chi connectivity index (χ3n) is 2.44. The van der Waals surface area contributed by atoms with Crippen molar-refractivity contribution in [3.8, 4) is 11.4 Å². The molecule has 84 valence electrons. The Morgan fingerprint density at radius 1 is 1.12 bits per heavy atom. The molecule has 1 aromatic carbocycles. The summed E-state index contributed by atoms with van der Waals surface area (Å²) in [4.78, 5) is 8.42. The van der Waals surface area contributed by atoms with Crippen LogP contribution in [0.3, 0.4) is 0 Å². The number of nitrogens with one attached hydrogen (secondary N) is 1. The number of rotatable bonds is 1. The normalized spacial score (nSPS) is 10.9. The largest absolute Gasteiger partial charge is 0.383 e. The van der Waals surface area contributed by atoms with E-state index in [1.807, 2.05) is 0 Å². The summed E-state index contributed by atoms with van der Waals surface area (Å²) in [6.45, 7) is 0. The van der Waals surface area contributed by atoms with Gasteiger partial charge < -0.3 is 5.73 Å². The molecule has 2 aromatic heterocycles. The van der Waals surface area contributed by atoms with Crippen molar-refractivity contribution in [3.05, 3.63) is 36.3 Å². The maximum Gasteiger partial charge on any atom is 0.163 e. The Labute approximate surface area is 95.5 Å². The fourth-order valence-corrected chi connectivity index (χ4v) is 1.59. The molecule has 6 heteroatoms. The van der Waals surface area contributed by atoms with Gasteiger partial charge >= 0.3 is 0 Å². The van der Waals surface area contributed by atoms with Crippen LogP contribution in [-0.2, 0) is 0 Å². The van der Waals surface area contributed by atoms with E-state index in [-0.39, 0.29) is 5.82 Å². The highest BCUT2D eigenvalue weighted by Gasteiger charge is 2.08. The molecule has 0 spiro atoms. The van der Waals surface area contributed by atoms with E-state index in [9.17, 15) is 4.39 Å².